The molecule has 0 aromatic heterocycles. The van der Waals surface area contributed by atoms with Gasteiger partial charge in [-0.25, -0.2) is 8.42 Å². The first kappa shape index (κ1) is 19.7. The Kier molecular flexibility index (Phi) is 6.84. The van der Waals surface area contributed by atoms with Crippen molar-refractivity contribution >= 4 is 21.6 Å². The van der Waals surface area contributed by atoms with Crippen LogP contribution in [0.15, 0.2) is 24.3 Å². The Morgan fingerprint density at radius 1 is 1.28 bits per heavy atom. The van der Waals surface area contributed by atoms with Crippen LogP contribution < -0.4 is 9.62 Å². The lowest BCUT2D eigenvalue weighted by molar-refractivity contribution is -0.127. The zero-order valence-corrected chi connectivity index (χ0v) is 16.0. The van der Waals surface area contributed by atoms with Crippen LogP contribution >= 0.6 is 0 Å². The Hall–Kier alpha value is -1.60. The van der Waals surface area contributed by atoms with Crippen LogP contribution in [0, 0.1) is 5.92 Å². The van der Waals surface area contributed by atoms with E-state index in [1.165, 1.54) is 10.6 Å². The van der Waals surface area contributed by atoms with E-state index in [0.29, 0.717) is 18.9 Å². The second-order valence-electron chi connectivity index (χ2n) is 6.73. The van der Waals surface area contributed by atoms with E-state index in [-0.39, 0.29) is 30.8 Å². The molecule has 1 fully saturated rings. The van der Waals surface area contributed by atoms with Crippen molar-refractivity contribution in [2.75, 3.05) is 36.9 Å². The Bertz CT molecular complexity index is 682. The number of carbonyl (C=O) groups is 1. The molecule has 6 nitrogen and oxygen atoms in total. The van der Waals surface area contributed by atoms with Gasteiger partial charge < -0.3 is 10.1 Å². The van der Waals surface area contributed by atoms with Gasteiger partial charge >= 0.3 is 0 Å². The maximum absolute atomic E-state index is 12.3. The summed E-state index contributed by atoms with van der Waals surface area (Å²) in [5.41, 5.74) is 1.66. The number of hydrogen-bond acceptors (Lipinski definition) is 4. The predicted octanol–water partition coefficient (Wildman–Crippen LogP) is 2.12. The van der Waals surface area contributed by atoms with Crippen LogP contribution in [0.2, 0.25) is 0 Å². The summed E-state index contributed by atoms with van der Waals surface area (Å²) < 4.78 is 31.2. The SMILES string of the molecule is CC(C)c1ccccc1N(CCNC(=O)C1CCOCC1)S(C)(=O)=O. The molecule has 0 spiro atoms. The fraction of sp³-hybridized carbons (Fsp3) is 0.611. The molecule has 1 aromatic carbocycles. The summed E-state index contributed by atoms with van der Waals surface area (Å²) in [6, 6.07) is 7.50. The fourth-order valence-corrected chi connectivity index (χ4v) is 4.00. The molecule has 0 unspecified atom stereocenters. The van der Waals surface area contributed by atoms with Crippen molar-refractivity contribution in [1.29, 1.82) is 0 Å². The highest BCUT2D eigenvalue weighted by atomic mass is 32.2. The molecule has 140 valence electrons. The van der Waals surface area contributed by atoms with Crippen molar-refractivity contribution in [1.82, 2.24) is 5.32 Å². The zero-order chi connectivity index (χ0) is 18.4. The normalized spacial score (nSPS) is 16.0. The second kappa shape index (κ2) is 8.67. The number of para-hydroxylation sites is 1. The highest BCUT2D eigenvalue weighted by Crippen LogP contribution is 2.28. The van der Waals surface area contributed by atoms with Crippen molar-refractivity contribution in [3.8, 4) is 0 Å². The Labute approximate surface area is 150 Å². The van der Waals surface area contributed by atoms with Gasteiger partial charge in [-0.15, -0.1) is 0 Å². The van der Waals surface area contributed by atoms with Crippen LogP contribution in [-0.4, -0.2) is 46.9 Å². The number of amides is 1. The van der Waals surface area contributed by atoms with Crippen LogP contribution in [-0.2, 0) is 19.6 Å². The highest BCUT2D eigenvalue weighted by Gasteiger charge is 2.23. The molecular weight excluding hydrogens is 340 g/mol. The molecule has 25 heavy (non-hydrogen) atoms. The number of ether oxygens (including phenoxy) is 1. The first-order chi connectivity index (χ1) is 11.8. The Morgan fingerprint density at radius 2 is 1.92 bits per heavy atom. The number of nitrogens with one attached hydrogen (secondary N) is 1. The topological polar surface area (TPSA) is 75.7 Å². The molecule has 0 saturated carbocycles. The number of anilines is 1. The number of sulfonamides is 1. The lowest BCUT2D eigenvalue weighted by Crippen LogP contribution is -2.41. The van der Waals surface area contributed by atoms with E-state index in [0.717, 1.165) is 18.4 Å². The average Bonchev–Trinajstić information content (AvgIpc) is 2.58. The summed E-state index contributed by atoms with van der Waals surface area (Å²) in [4.78, 5) is 12.2. The van der Waals surface area contributed by atoms with Gasteiger partial charge in [-0.05, 0) is 30.4 Å². The lowest BCUT2D eigenvalue weighted by Gasteiger charge is -2.27. The molecule has 2 rings (SSSR count). The van der Waals surface area contributed by atoms with Gasteiger partial charge in [0.1, 0.15) is 0 Å². The first-order valence-corrected chi connectivity index (χ1v) is 10.6. The number of hydrogen-bond donors (Lipinski definition) is 1. The van der Waals surface area contributed by atoms with Crippen LogP contribution in [0.3, 0.4) is 0 Å². The third kappa shape index (κ3) is 5.44. The molecule has 0 atom stereocenters. The lowest BCUT2D eigenvalue weighted by atomic mass is 9.99. The van der Waals surface area contributed by atoms with Crippen molar-refractivity contribution < 1.29 is 17.9 Å². The van der Waals surface area contributed by atoms with Crippen LogP contribution in [0.5, 0.6) is 0 Å². The van der Waals surface area contributed by atoms with E-state index < -0.39 is 10.0 Å². The largest absolute Gasteiger partial charge is 0.381 e. The summed E-state index contributed by atoms with van der Waals surface area (Å²) in [5.74, 6) is 0.148. The molecule has 0 aliphatic carbocycles. The first-order valence-electron chi connectivity index (χ1n) is 8.72. The van der Waals surface area contributed by atoms with Crippen LogP contribution in [0.1, 0.15) is 38.2 Å². The highest BCUT2D eigenvalue weighted by molar-refractivity contribution is 7.92. The molecule has 1 heterocycles. The quantitative estimate of drug-likeness (QED) is 0.800. The minimum atomic E-state index is -3.43. The van der Waals surface area contributed by atoms with E-state index in [1.54, 1.807) is 0 Å². The molecule has 1 aliphatic rings. The number of rotatable bonds is 7. The molecule has 1 N–H and O–H groups in total. The molecular formula is C18H28N2O4S. The minimum absolute atomic E-state index is 0.0195. The standard InChI is InChI=1S/C18H28N2O4S/c1-14(2)16-6-4-5-7-17(16)20(25(3,22)23)11-10-19-18(21)15-8-12-24-13-9-15/h4-7,14-15H,8-13H2,1-3H3,(H,19,21). The Balaban J connectivity index is 2.06. The molecule has 0 radical (unpaired) electrons. The smallest absolute Gasteiger partial charge is 0.232 e. The van der Waals surface area contributed by atoms with E-state index in [9.17, 15) is 13.2 Å². The molecule has 7 heteroatoms. The average molecular weight is 368 g/mol. The van der Waals surface area contributed by atoms with E-state index >= 15 is 0 Å². The zero-order valence-electron chi connectivity index (χ0n) is 15.2. The molecule has 0 bridgehead atoms. The summed E-state index contributed by atoms with van der Waals surface area (Å²) in [6.07, 6.45) is 2.64. The number of benzene rings is 1. The van der Waals surface area contributed by atoms with Gasteiger partial charge in [0.25, 0.3) is 0 Å². The second-order valence-corrected chi connectivity index (χ2v) is 8.63. The van der Waals surface area contributed by atoms with Crippen LogP contribution in [0.25, 0.3) is 0 Å². The van der Waals surface area contributed by atoms with Gasteiger partial charge in [0.15, 0.2) is 0 Å². The third-order valence-corrected chi connectivity index (χ3v) is 5.61. The predicted molar refractivity (Wildman–Crippen MR) is 99.3 cm³/mol. The summed E-state index contributed by atoms with van der Waals surface area (Å²) >= 11 is 0. The summed E-state index contributed by atoms with van der Waals surface area (Å²) in [7, 11) is -3.43. The van der Waals surface area contributed by atoms with E-state index in [2.05, 4.69) is 5.32 Å². The summed E-state index contributed by atoms with van der Waals surface area (Å²) in [6.45, 7) is 5.79. The maximum atomic E-state index is 12.3. The van der Waals surface area contributed by atoms with Crippen LogP contribution in [0.4, 0.5) is 5.69 Å². The molecule has 1 aromatic rings. The molecule has 1 aliphatic heterocycles. The van der Waals surface area contributed by atoms with Gasteiger partial charge in [0, 0.05) is 25.7 Å². The maximum Gasteiger partial charge on any atom is 0.232 e. The van der Waals surface area contributed by atoms with Crippen molar-refractivity contribution in [2.24, 2.45) is 5.92 Å². The van der Waals surface area contributed by atoms with E-state index in [4.69, 9.17) is 4.74 Å². The van der Waals surface area contributed by atoms with Gasteiger partial charge in [-0.2, -0.15) is 0 Å². The molecule has 1 amide bonds. The van der Waals surface area contributed by atoms with E-state index in [1.807, 2.05) is 38.1 Å². The Morgan fingerprint density at radius 3 is 2.52 bits per heavy atom. The monoisotopic (exact) mass is 368 g/mol. The van der Waals surface area contributed by atoms with Gasteiger partial charge in [-0.3, -0.25) is 9.10 Å². The van der Waals surface area contributed by atoms with Crippen molar-refractivity contribution in [3.05, 3.63) is 29.8 Å². The summed E-state index contributed by atoms with van der Waals surface area (Å²) in [5, 5.41) is 2.87. The van der Waals surface area contributed by atoms with Gasteiger partial charge in [0.05, 0.1) is 18.5 Å². The fourth-order valence-electron chi connectivity index (χ4n) is 3.05. The van der Waals surface area contributed by atoms with Crippen molar-refractivity contribution in [3.63, 3.8) is 0 Å². The molecule has 1 saturated heterocycles. The van der Waals surface area contributed by atoms with Crippen molar-refractivity contribution in [2.45, 2.75) is 32.6 Å². The van der Waals surface area contributed by atoms with Gasteiger partial charge in [-0.1, -0.05) is 32.0 Å². The third-order valence-electron chi connectivity index (χ3n) is 4.43. The number of nitrogens with zero attached hydrogens (tertiary/aromatic N) is 1. The number of carbonyl (C=O) groups excluding carboxylic acids is 1. The van der Waals surface area contributed by atoms with Gasteiger partial charge in [0.2, 0.25) is 15.9 Å². The minimum Gasteiger partial charge on any atom is -0.381 e.